The number of benzene rings is 2. The van der Waals surface area contributed by atoms with Gasteiger partial charge in [-0.1, -0.05) is 29.3 Å². The standard InChI is InChI=1S/C21H24Cl2N2O4/c1-27-19-6-3-14(11-20(19)28-2)18(25-7-9-29-10-8-25)13-24-21(26)16-12-15(22)4-5-17(16)23/h3-6,11-12,18H,7-10,13H2,1-2H3,(H,24,26). The van der Waals surface area contributed by atoms with Gasteiger partial charge in [0.2, 0.25) is 0 Å². The van der Waals surface area contributed by atoms with Crippen LogP contribution in [0.25, 0.3) is 0 Å². The molecule has 0 radical (unpaired) electrons. The van der Waals surface area contributed by atoms with Crippen molar-refractivity contribution in [2.45, 2.75) is 6.04 Å². The van der Waals surface area contributed by atoms with Crippen molar-refractivity contribution in [1.82, 2.24) is 10.2 Å². The van der Waals surface area contributed by atoms with Crippen LogP contribution in [0.4, 0.5) is 0 Å². The van der Waals surface area contributed by atoms with Crippen molar-refractivity contribution in [2.75, 3.05) is 47.1 Å². The molecule has 0 saturated carbocycles. The van der Waals surface area contributed by atoms with Gasteiger partial charge in [0, 0.05) is 24.7 Å². The van der Waals surface area contributed by atoms with Gasteiger partial charge in [0.1, 0.15) is 0 Å². The molecule has 1 fully saturated rings. The quantitative estimate of drug-likeness (QED) is 0.711. The molecule has 1 aliphatic rings. The van der Waals surface area contributed by atoms with Gasteiger partial charge in [-0.2, -0.15) is 0 Å². The fourth-order valence-corrected chi connectivity index (χ4v) is 3.74. The minimum atomic E-state index is -0.267. The lowest BCUT2D eigenvalue weighted by atomic mass is 10.0. The molecule has 0 aromatic heterocycles. The van der Waals surface area contributed by atoms with Crippen LogP contribution >= 0.6 is 23.2 Å². The first kappa shape index (κ1) is 21.7. The highest BCUT2D eigenvalue weighted by Crippen LogP contribution is 2.32. The Labute approximate surface area is 180 Å². The number of hydrogen-bond acceptors (Lipinski definition) is 5. The van der Waals surface area contributed by atoms with Gasteiger partial charge >= 0.3 is 0 Å². The van der Waals surface area contributed by atoms with Crippen LogP contribution in [0.3, 0.4) is 0 Å². The maximum Gasteiger partial charge on any atom is 0.252 e. The zero-order valence-electron chi connectivity index (χ0n) is 16.4. The number of halogens is 2. The average Bonchev–Trinajstić information content (AvgIpc) is 2.76. The van der Waals surface area contributed by atoms with E-state index in [4.69, 9.17) is 37.4 Å². The second-order valence-corrected chi connectivity index (χ2v) is 7.46. The molecule has 1 heterocycles. The molecule has 3 rings (SSSR count). The van der Waals surface area contributed by atoms with Crippen molar-refractivity contribution in [3.8, 4) is 11.5 Å². The van der Waals surface area contributed by atoms with Crippen LogP contribution in [0.1, 0.15) is 22.0 Å². The molecule has 1 amide bonds. The van der Waals surface area contributed by atoms with E-state index in [9.17, 15) is 4.79 Å². The predicted octanol–water partition coefficient (Wildman–Crippen LogP) is 3.81. The van der Waals surface area contributed by atoms with Crippen molar-refractivity contribution >= 4 is 29.1 Å². The lowest BCUT2D eigenvalue weighted by Crippen LogP contribution is -2.43. The first-order valence-corrected chi connectivity index (χ1v) is 10.1. The Hall–Kier alpha value is -1.99. The maximum absolute atomic E-state index is 12.7. The van der Waals surface area contributed by atoms with Crippen LogP contribution < -0.4 is 14.8 Å². The zero-order valence-corrected chi connectivity index (χ0v) is 17.9. The summed E-state index contributed by atoms with van der Waals surface area (Å²) in [5.41, 5.74) is 1.37. The first-order chi connectivity index (χ1) is 14.0. The third-order valence-electron chi connectivity index (χ3n) is 4.91. The second-order valence-electron chi connectivity index (χ2n) is 6.61. The van der Waals surface area contributed by atoms with Gasteiger partial charge in [-0.3, -0.25) is 9.69 Å². The molecule has 8 heteroatoms. The highest BCUT2D eigenvalue weighted by atomic mass is 35.5. The number of carbonyl (C=O) groups is 1. The Balaban J connectivity index is 1.82. The van der Waals surface area contributed by atoms with Gasteiger partial charge in [0.05, 0.1) is 44.1 Å². The fraction of sp³-hybridized carbons (Fsp3) is 0.381. The van der Waals surface area contributed by atoms with E-state index < -0.39 is 0 Å². The summed E-state index contributed by atoms with van der Waals surface area (Å²) in [4.78, 5) is 15.0. The average molecular weight is 439 g/mol. The third kappa shape index (κ3) is 5.34. The molecular formula is C21H24Cl2N2O4. The summed E-state index contributed by atoms with van der Waals surface area (Å²) in [6, 6.07) is 10.6. The molecule has 0 bridgehead atoms. The Kier molecular flexibility index (Phi) is 7.61. The van der Waals surface area contributed by atoms with E-state index in [0.29, 0.717) is 46.9 Å². The normalized spacial score (nSPS) is 15.6. The van der Waals surface area contributed by atoms with Crippen molar-refractivity contribution in [2.24, 2.45) is 0 Å². The first-order valence-electron chi connectivity index (χ1n) is 9.30. The largest absolute Gasteiger partial charge is 0.493 e. The summed E-state index contributed by atoms with van der Waals surface area (Å²) in [7, 11) is 3.21. The van der Waals surface area contributed by atoms with Gasteiger partial charge in [0.15, 0.2) is 11.5 Å². The van der Waals surface area contributed by atoms with Gasteiger partial charge in [0.25, 0.3) is 5.91 Å². The van der Waals surface area contributed by atoms with E-state index in [2.05, 4.69) is 10.2 Å². The Morgan fingerprint density at radius 2 is 1.83 bits per heavy atom. The van der Waals surface area contributed by atoms with E-state index in [1.165, 1.54) is 0 Å². The van der Waals surface area contributed by atoms with Gasteiger partial charge in [-0.25, -0.2) is 0 Å². The Morgan fingerprint density at radius 1 is 1.10 bits per heavy atom. The molecule has 1 saturated heterocycles. The number of nitrogens with one attached hydrogen (secondary N) is 1. The highest BCUT2D eigenvalue weighted by molar-refractivity contribution is 6.35. The van der Waals surface area contributed by atoms with E-state index >= 15 is 0 Å². The highest BCUT2D eigenvalue weighted by Gasteiger charge is 2.25. The minimum absolute atomic E-state index is 0.0550. The van der Waals surface area contributed by atoms with Crippen LogP contribution in [0.15, 0.2) is 36.4 Å². The lowest BCUT2D eigenvalue weighted by Gasteiger charge is -2.35. The predicted molar refractivity (Wildman–Crippen MR) is 113 cm³/mol. The van der Waals surface area contributed by atoms with Crippen molar-refractivity contribution in [3.63, 3.8) is 0 Å². The molecule has 29 heavy (non-hydrogen) atoms. The van der Waals surface area contributed by atoms with Gasteiger partial charge < -0.3 is 19.5 Å². The number of nitrogens with zero attached hydrogens (tertiary/aromatic N) is 1. The smallest absolute Gasteiger partial charge is 0.252 e. The van der Waals surface area contributed by atoms with E-state index in [1.807, 2.05) is 18.2 Å². The molecule has 2 aromatic rings. The summed E-state index contributed by atoms with van der Waals surface area (Å²) in [6.07, 6.45) is 0. The molecule has 1 N–H and O–H groups in total. The third-order valence-corrected chi connectivity index (χ3v) is 5.47. The summed E-state index contributed by atoms with van der Waals surface area (Å²) in [6.45, 7) is 3.24. The molecule has 6 nitrogen and oxygen atoms in total. The summed E-state index contributed by atoms with van der Waals surface area (Å²) in [5, 5.41) is 3.82. The van der Waals surface area contributed by atoms with Crippen LogP contribution in [0.5, 0.6) is 11.5 Å². The molecule has 1 atom stereocenters. The maximum atomic E-state index is 12.7. The fourth-order valence-electron chi connectivity index (χ4n) is 3.36. The number of methoxy groups -OCH3 is 2. The molecule has 1 unspecified atom stereocenters. The van der Waals surface area contributed by atoms with Crippen molar-refractivity contribution < 1.29 is 19.0 Å². The van der Waals surface area contributed by atoms with Crippen LogP contribution in [-0.2, 0) is 4.74 Å². The summed E-state index contributed by atoms with van der Waals surface area (Å²) in [5.74, 6) is 1.04. The Bertz CT molecular complexity index is 857. The number of amides is 1. The molecular weight excluding hydrogens is 415 g/mol. The van der Waals surface area contributed by atoms with Gasteiger partial charge in [-0.15, -0.1) is 0 Å². The summed E-state index contributed by atoms with van der Waals surface area (Å²) < 4.78 is 16.3. The topological polar surface area (TPSA) is 60.0 Å². The molecule has 2 aromatic carbocycles. The van der Waals surface area contributed by atoms with E-state index in [-0.39, 0.29) is 11.9 Å². The van der Waals surface area contributed by atoms with Crippen LogP contribution in [0.2, 0.25) is 10.0 Å². The number of ether oxygens (including phenoxy) is 3. The number of morpholine rings is 1. The second kappa shape index (κ2) is 10.2. The van der Waals surface area contributed by atoms with Crippen molar-refractivity contribution in [3.05, 3.63) is 57.6 Å². The van der Waals surface area contributed by atoms with E-state index in [0.717, 1.165) is 18.7 Å². The summed E-state index contributed by atoms with van der Waals surface area (Å²) >= 11 is 12.2. The SMILES string of the molecule is COc1ccc(C(CNC(=O)c2cc(Cl)ccc2Cl)N2CCOCC2)cc1OC. The minimum Gasteiger partial charge on any atom is -0.493 e. The monoisotopic (exact) mass is 438 g/mol. The number of hydrogen-bond donors (Lipinski definition) is 1. The van der Waals surface area contributed by atoms with Crippen LogP contribution in [0, 0.1) is 0 Å². The molecule has 0 aliphatic carbocycles. The zero-order chi connectivity index (χ0) is 20.8. The van der Waals surface area contributed by atoms with E-state index in [1.54, 1.807) is 32.4 Å². The molecule has 1 aliphatic heterocycles. The Morgan fingerprint density at radius 3 is 2.52 bits per heavy atom. The van der Waals surface area contributed by atoms with Crippen molar-refractivity contribution in [1.29, 1.82) is 0 Å². The van der Waals surface area contributed by atoms with Gasteiger partial charge in [-0.05, 0) is 35.9 Å². The van der Waals surface area contributed by atoms with Crippen LogP contribution in [-0.4, -0.2) is 57.9 Å². The lowest BCUT2D eigenvalue weighted by molar-refractivity contribution is 0.0162. The molecule has 0 spiro atoms. The number of carbonyl (C=O) groups excluding carboxylic acids is 1. The number of rotatable bonds is 7. The molecule has 156 valence electrons.